The van der Waals surface area contributed by atoms with Crippen LogP contribution in [0.1, 0.15) is 12.0 Å². The minimum Gasteiger partial charge on any atom is -0.508 e. The Morgan fingerprint density at radius 1 is 1.22 bits per heavy atom. The van der Waals surface area contributed by atoms with Gasteiger partial charge in [0.2, 0.25) is 0 Å². The number of nitrogens with zero attached hydrogens (tertiary/aromatic N) is 1. The smallest absolute Gasteiger partial charge is 0.116 e. The quantitative estimate of drug-likeness (QED) is 0.336. The summed E-state index contributed by atoms with van der Waals surface area (Å²) in [4.78, 5) is 0. The zero-order chi connectivity index (χ0) is 13.6. The summed E-state index contributed by atoms with van der Waals surface area (Å²) in [5.41, 5.74) is 7.56. The second-order valence-corrected chi connectivity index (χ2v) is 5.61. The Morgan fingerprint density at radius 3 is 2.61 bits per heavy atom. The van der Waals surface area contributed by atoms with E-state index in [4.69, 9.17) is 10.5 Å². The van der Waals surface area contributed by atoms with E-state index in [-0.39, 0.29) is 5.75 Å². The van der Waals surface area contributed by atoms with Crippen LogP contribution in [0.2, 0.25) is 0 Å². The van der Waals surface area contributed by atoms with Gasteiger partial charge in [-0.15, -0.1) is 0 Å². The summed E-state index contributed by atoms with van der Waals surface area (Å²) in [6.07, 6.45) is 1.76. The van der Waals surface area contributed by atoms with E-state index in [9.17, 15) is 5.11 Å². The lowest BCUT2D eigenvalue weighted by Gasteiger charge is -2.23. The molecule has 18 heavy (non-hydrogen) atoms. The van der Waals surface area contributed by atoms with E-state index >= 15 is 0 Å². The van der Waals surface area contributed by atoms with Gasteiger partial charge in [-0.25, -0.2) is 0 Å². The number of hydrogen-bond acceptors (Lipinski definition) is 3. The van der Waals surface area contributed by atoms with Crippen molar-refractivity contribution in [2.45, 2.75) is 12.8 Å². The molecule has 0 radical (unpaired) electrons. The summed E-state index contributed by atoms with van der Waals surface area (Å²) in [5.74, 6) is 0.269. The van der Waals surface area contributed by atoms with Crippen molar-refractivity contribution < 1.29 is 14.3 Å². The van der Waals surface area contributed by atoms with Gasteiger partial charge in [0.1, 0.15) is 12.3 Å². The minimum absolute atomic E-state index is 0.269. The van der Waals surface area contributed by atoms with Gasteiger partial charge in [-0.1, -0.05) is 0 Å². The van der Waals surface area contributed by atoms with Crippen molar-refractivity contribution in [1.29, 1.82) is 0 Å². The third-order valence-corrected chi connectivity index (χ3v) is 2.77. The molecular weight excluding hydrogens is 228 g/mol. The molecule has 0 atom stereocenters. The second-order valence-electron chi connectivity index (χ2n) is 5.61. The van der Waals surface area contributed by atoms with E-state index in [1.165, 1.54) is 0 Å². The highest BCUT2D eigenvalue weighted by Crippen LogP contribution is 2.19. The number of nitrogen functional groups attached to an aromatic ring is 1. The fourth-order valence-electron chi connectivity index (χ4n) is 1.61. The molecule has 4 heteroatoms. The van der Waals surface area contributed by atoms with Crippen molar-refractivity contribution in [1.82, 2.24) is 0 Å². The third-order valence-electron chi connectivity index (χ3n) is 2.77. The number of rotatable bonds is 7. The third kappa shape index (κ3) is 5.89. The van der Waals surface area contributed by atoms with E-state index < -0.39 is 0 Å². The SMILES string of the molecule is C[N+](C)(C)CCOCCCc1cc(O)ccc1N. The molecule has 0 heterocycles. The number of phenolic OH excluding ortho intramolecular Hbond substituents is 1. The van der Waals surface area contributed by atoms with E-state index in [1.54, 1.807) is 18.2 Å². The van der Waals surface area contributed by atoms with Crippen LogP contribution >= 0.6 is 0 Å². The molecular formula is C14H25N2O2+. The number of quaternary nitrogens is 1. The van der Waals surface area contributed by atoms with Crippen LogP contribution in [0.15, 0.2) is 18.2 Å². The first-order chi connectivity index (χ1) is 8.38. The van der Waals surface area contributed by atoms with Gasteiger partial charge in [0.05, 0.1) is 27.7 Å². The lowest BCUT2D eigenvalue weighted by Crippen LogP contribution is -2.37. The van der Waals surface area contributed by atoms with Crippen molar-refractivity contribution in [3.8, 4) is 5.75 Å². The molecule has 1 rings (SSSR count). The Balaban J connectivity index is 2.20. The molecule has 0 unspecified atom stereocenters. The normalized spacial score (nSPS) is 11.7. The predicted molar refractivity (Wildman–Crippen MR) is 74.6 cm³/mol. The molecule has 1 aromatic carbocycles. The fraction of sp³-hybridized carbons (Fsp3) is 0.571. The van der Waals surface area contributed by atoms with Crippen molar-refractivity contribution in [3.63, 3.8) is 0 Å². The number of aryl methyl sites for hydroxylation is 1. The van der Waals surface area contributed by atoms with E-state index in [1.807, 2.05) is 0 Å². The largest absolute Gasteiger partial charge is 0.508 e. The number of anilines is 1. The lowest BCUT2D eigenvalue weighted by atomic mass is 10.1. The van der Waals surface area contributed by atoms with Crippen LogP contribution < -0.4 is 5.73 Å². The van der Waals surface area contributed by atoms with Gasteiger partial charge in [0, 0.05) is 12.3 Å². The van der Waals surface area contributed by atoms with Crippen LogP contribution in [0.5, 0.6) is 5.75 Å². The molecule has 0 aliphatic heterocycles. The van der Waals surface area contributed by atoms with Gasteiger partial charge >= 0.3 is 0 Å². The van der Waals surface area contributed by atoms with Gasteiger partial charge in [-0.2, -0.15) is 0 Å². The molecule has 0 spiro atoms. The molecule has 0 bridgehead atoms. The maximum Gasteiger partial charge on any atom is 0.116 e. The van der Waals surface area contributed by atoms with Crippen LogP contribution in [-0.2, 0) is 11.2 Å². The summed E-state index contributed by atoms with van der Waals surface area (Å²) in [6, 6.07) is 5.07. The number of likely N-dealkylation sites (N-methyl/N-ethyl adjacent to an activating group) is 1. The number of aromatic hydroxyl groups is 1. The standard InChI is InChI=1S/C14H24N2O2/c1-16(2,3)8-10-18-9-4-5-12-11-13(17)6-7-14(12)15/h6-7,11H,4-5,8-10,15H2,1-3H3/p+1. The molecule has 0 saturated carbocycles. The summed E-state index contributed by atoms with van der Waals surface area (Å²) < 4.78 is 6.50. The van der Waals surface area contributed by atoms with Crippen molar-refractivity contribution in [3.05, 3.63) is 23.8 Å². The average Bonchev–Trinajstić information content (AvgIpc) is 2.26. The molecule has 0 amide bonds. The molecule has 102 valence electrons. The number of benzene rings is 1. The first-order valence-corrected chi connectivity index (χ1v) is 6.34. The molecule has 0 aliphatic rings. The Morgan fingerprint density at radius 2 is 1.94 bits per heavy atom. The first kappa shape index (κ1) is 14.8. The lowest BCUT2D eigenvalue weighted by molar-refractivity contribution is -0.870. The summed E-state index contributed by atoms with van der Waals surface area (Å²) in [5, 5.41) is 9.38. The molecule has 3 N–H and O–H groups in total. The molecule has 0 aromatic heterocycles. The van der Waals surface area contributed by atoms with Gasteiger partial charge in [0.25, 0.3) is 0 Å². The van der Waals surface area contributed by atoms with Crippen LogP contribution in [0.25, 0.3) is 0 Å². The number of phenols is 1. The van der Waals surface area contributed by atoms with Gasteiger partial charge < -0.3 is 20.1 Å². The molecule has 0 fully saturated rings. The highest BCUT2D eigenvalue weighted by Gasteiger charge is 2.06. The maximum atomic E-state index is 9.38. The van der Waals surface area contributed by atoms with Crippen molar-refractivity contribution in [2.75, 3.05) is 46.6 Å². The molecule has 1 aromatic rings. The highest BCUT2D eigenvalue weighted by atomic mass is 16.5. The Hall–Kier alpha value is -1.26. The van der Waals surface area contributed by atoms with Crippen LogP contribution in [0.4, 0.5) is 5.69 Å². The fourth-order valence-corrected chi connectivity index (χ4v) is 1.61. The molecule has 4 nitrogen and oxygen atoms in total. The van der Waals surface area contributed by atoms with Gasteiger partial charge in [-0.3, -0.25) is 0 Å². The summed E-state index contributed by atoms with van der Waals surface area (Å²) in [6.45, 7) is 2.52. The van der Waals surface area contributed by atoms with Gasteiger partial charge in [0.15, 0.2) is 0 Å². The zero-order valence-electron chi connectivity index (χ0n) is 11.6. The minimum atomic E-state index is 0.269. The van der Waals surface area contributed by atoms with Crippen LogP contribution in [0, 0.1) is 0 Å². The molecule has 0 aliphatic carbocycles. The van der Waals surface area contributed by atoms with Crippen LogP contribution in [0.3, 0.4) is 0 Å². The van der Waals surface area contributed by atoms with E-state index in [0.29, 0.717) is 0 Å². The monoisotopic (exact) mass is 253 g/mol. The number of nitrogens with two attached hydrogens (primary N) is 1. The predicted octanol–water partition coefficient (Wildman–Crippen LogP) is 1.63. The van der Waals surface area contributed by atoms with Crippen LogP contribution in [-0.4, -0.2) is 50.5 Å². The maximum absolute atomic E-state index is 9.38. The van der Waals surface area contributed by atoms with Crippen molar-refractivity contribution in [2.24, 2.45) is 0 Å². The topological polar surface area (TPSA) is 55.5 Å². The first-order valence-electron chi connectivity index (χ1n) is 6.34. The number of ether oxygens (including phenoxy) is 1. The van der Waals surface area contributed by atoms with Crippen molar-refractivity contribution >= 4 is 5.69 Å². The highest BCUT2D eigenvalue weighted by molar-refractivity contribution is 5.50. The number of hydrogen-bond donors (Lipinski definition) is 2. The average molecular weight is 253 g/mol. The van der Waals surface area contributed by atoms with E-state index in [2.05, 4.69) is 21.1 Å². The Kier molecular flexibility index (Phi) is 5.44. The van der Waals surface area contributed by atoms with Gasteiger partial charge in [-0.05, 0) is 36.6 Å². The van der Waals surface area contributed by atoms with E-state index in [0.717, 1.165) is 48.3 Å². The second kappa shape index (κ2) is 6.61. The Bertz CT molecular complexity index is 373. The molecule has 0 saturated heterocycles. The summed E-state index contributed by atoms with van der Waals surface area (Å²) >= 11 is 0. The zero-order valence-corrected chi connectivity index (χ0v) is 11.6. The summed E-state index contributed by atoms with van der Waals surface area (Å²) in [7, 11) is 6.45. The Labute approximate surface area is 110 Å².